The fraction of sp³-hybridized carbons (Fsp3) is 0.857. The summed E-state index contributed by atoms with van der Waals surface area (Å²) >= 11 is 3.81. The SMILES string of the molecule is CCOC(C)CC.N=C=S. The Morgan fingerprint density at radius 2 is 2.00 bits per heavy atom. The second-order valence-corrected chi connectivity index (χ2v) is 1.98. The number of thiocarbonyl (C=S) groups is 1. The van der Waals surface area contributed by atoms with Crippen LogP contribution < -0.4 is 0 Å². The first-order valence-corrected chi connectivity index (χ1v) is 3.79. The van der Waals surface area contributed by atoms with Crippen LogP contribution in [0.4, 0.5) is 0 Å². The van der Waals surface area contributed by atoms with Crippen molar-refractivity contribution in [2.75, 3.05) is 6.61 Å². The van der Waals surface area contributed by atoms with Crippen molar-refractivity contribution in [2.45, 2.75) is 33.3 Å². The zero-order valence-corrected chi connectivity index (χ0v) is 7.62. The van der Waals surface area contributed by atoms with E-state index in [-0.39, 0.29) is 0 Å². The molecule has 60 valence electrons. The molecule has 2 nitrogen and oxygen atoms in total. The van der Waals surface area contributed by atoms with E-state index in [1.54, 1.807) is 5.16 Å². The molecule has 0 bridgehead atoms. The first-order chi connectivity index (χ1) is 4.72. The summed E-state index contributed by atoms with van der Waals surface area (Å²) in [4.78, 5) is 0. The Kier molecular flexibility index (Phi) is 14.4. The van der Waals surface area contributed by atoms with Gasteiger partial charge in [-0.15, -0.1) is 0 Å². The molecule has 0 aromatic heterocycles. The molecule has 0 rings (SSSR count). The molecule has 1 unspecified atom stereocenters. The van der Waals surface area contributed by atoms with Crippen LogP contribution in [0.3, 0.4) is 0 Å². The highest BCUT2D eigenvalue weighted by molar-refractivity contribution is 7.78. The normalized spacial score (nSPS) is 10.7. The van der Waals surface area contributed by atoms with Gasteiger partial charge in [0.2, 0.25) is 0 Å². The summed E-state index contributed by atoms with van der Waals surface area (Å²) in [5, 5.41) is 7.36. The molecule has 0 aliphatic carbocycles. The third-order valence-electron chi connectivity index (χ3n) is 1.03. The maximum Gasteiger partial charge on any atom is 0.0554 e. The van der Waals surface area contributed by atoms with Crippen molar-refractivity contribution >= 4 is 17.4 Å². The van der Waals surface area contributed by atoms with Gasteiger partial charge in [0.1, 0.15) is 0 Å². The molecular formula is C7H15NOS. The van der Waals surface area contributed by atoms with Crippen LogP contribution in [0, 0.1) is 5.41 Å². The van der Waals surface area contributed by atoms with E-state index in [4.69, 9.17) is 10.1 Å². The van der Waals surface area contributed by atoms with Gasteiger partial charge in [0.05, 0.1) is 11.3 Å². The number of nitrogens with one attached hydrogen (secondary N) is 1. The van der Waals surface area contributed by atoms with Gasteiger partial charge in [-0.1, -0.05) is 6.92 Å². The third kappa shape index (κ3) is 15.7. The van der Waals surface area contributed by atoms with Crippen molar-refractivity contribution in [2.24, 2.45) is 0 Å². The lowest BCUT2D eigenvalue weighted by molar-refractivity contribution is 0.0739. The van der Waals surface area contributed by atoms with Crippen LogP contribution in [0.2, 0.25) is 0 Å². The average molecular weight is 161 g/mol. The highest BCUT2D eigenvalue weighted by atomic mass is 32.1. The molecule has 0 aliphatic heterocycles. The van der Waals surface area contributed by atoms with Crippen LogP contribution in [0.15, 0.2) is 0 Å². The molecule has 0 radical (unpaired) electrons. The number of isothiocyanates is 1. The summed E-state index contributed by atoms with van der Waals surface area (Å²) in [6, 6.07) is 0. The van der Waals surface area contributed by atoms with Gasteiger partial charge < -0.3 is 4.74 Å². The van der Waals surface area contributed by atoms with Gasteiger partial charge in [0.25, 0.3) is 0 Å². The lowest BCUT2D eigenvalue weighted by Crippen LogP contribution is -2.04. The van der Waals surface area contributed by atoms with Crippen molar-refractivity contribution in [1.29, 1.82) is 5.41 Å². The molecule has 0 spiro atoms. The van der Waals surface area contributed by atoms with Gasteiger partial charge in [-0.3, -0.25) is 0 Å². The Balaban J connectivity index is 0. The molecule has 0 aromatic carbocycles. The van der Waals surface area contributed by atoms with E-state index >= 15 is 0 Å². The molecule has 3 heteroatoms. The summed E-state index contributed by atoms with van der Waals surface area (Å²) in [6.07, 6.45) is 1.57. The second kappa shape index (κ2) is 11.5. The number of hydrogen-bond donors (Lipinski definition) is 1. The molecule has 0 aliphatic rings. The number of ether oxygens (including phenoxy) is 1. The van der Waals surface area contributed by atoms with Crippen molar-refractivity contribution in [3.05, 3.63) is 0 Å². The first kappa shape index (κ1) is 12.4. The summed E-state index contributed by atoms with van der Waals surface area (Å²) < 4.78 is 5.19. The zero-order chi connectivity index (χ0) is 8.41. The lowest BCUT2D eigenvalue weighted by atomic mass is 10.3. The quantitative estimate of drug-likeness (QED) is 0.509. The minimum atomic E-state index is 0.449. The summed E-state index contributed by atoms with van der Waals surface area (Å²) in [7, 11) is 0. The maximum atomic E-state index is 5.77. The standard InChI is InChI=1S/C6H14O.CHNS/c1-4-6(3)7-5-2;2-1-3/h6H,4-5H2,1-3H3;2H. The minimum absolute atomic E-state index is 0.449. The van der Waals surface area contributed by atoms with E-state index in [0.717, 1.165) is 13.0 Å². The van der Waals surface area contributed by atoms with Crippen LogP contribution in [-0.4, -0.2) is 17.9 Å². The first-order valence-electron chi connectivity index (χ1n) is 3.38. The summed E-state index contributed by atoms with van der Waals surface area (Å²) in [6.45, 7) is 7.07. The minimum Gasteiger partial charge on any atom is -0.379 e. The molecule has 10 heavy (non-hydrogen) atoms. The third-order valence-corrected chi connectivity index (χ3v) is 1.03. The Morgan fingerprint density at radius 3 is 2.10 bits per heavy atom. The van der Waals surface area contributed by atoms with Crippen LogP contribution in [0.1, 0.15) is 27.2 Å². The Bertz CT molecular complexity index is 89.6. The van der Waals surface area contributed by atoms with E-state index in [0.29, 0.717) is 6.10 Å². The fourth-order valence-electron chi connectivity index (χ4n) is 0.402. The molecular weight excluding hydrogens is 146 g/mol. The topological polar surface area (TPSA) is 33.1 Å². The van der Waals surface area contributed by atoms with Crippen LogP contribution in [-0.2, 0) is 4.74 Å². The molecule has 1 atom stereocenters. The molecule has 0 amide bonds. The Morgan fingerprint density at radius 1 is 1.60 bits per heavy atom. The number of rotatable bonds is 3. The predicted octanol–water partition coefficient (Wildman–Crippen LogP) is 2.49. The zero-order valence-electron chi connectivity index (χ0n) is 6.81. The van der Waals surface area contributed by atoms with Gasteiger partial charge in [-0.05, 0) is 32.5 Å². The Labute approximate surface area is 68.1 Å². The summed E-state index contributed by atoms with van der Waals surface area (Å²) in [5.41, 5.74) is 0. The molecule has 0 saturated heterocycles. The van der Waals surface area contributed by atoms with Gasteiger partial charge in [0.15, 0.2) is 0 Å². The smallest absolute Gasteiger partial charge is 0.0554 e. The molecule has 0 fully saturated rings. The van der Waals surface area contributed by atoms with E-state index in [1.165, 1.54) is 0 Å². The van der Waals surface area contributed by atoms with Crippen LogP contribution in [0.5, 0.6) is 0 Å². The largest absolute Gasteiger partial charge is 0.379 e. The van der Waals surface area contributed by atoms with Gasteiger partial charge >= 0.3 is 0 Å². The molecule has 0 saturated carbocycles. The van der Waals surface area contributed by atoms with Gasteiger partial charge in [0, 0.05) is 6.61 Å². The Hall–Kier alpha value is -0.240. The van der Waals surface area contributed by atoms with Crippen LogP contribution in [0.25, 0.3) is 0 Å². The monoisotopic (exact) mass is 161 g/mol. The maximum absolute atomic E-state index is 5.77. The van der Waals surface area contributed by atoms with Gasteiger partial charge in [-0.25, -0.2) is 5.41 Å². The van der Waals surface area contributed by atoms with Crippen molar-refractivity contribution < 1.29 is 4.74 Å². The molecule has 0 heterocycles. The summed E-state index contributed by atoms with van der Waals surface area (Å²) in [5.74, 6) is 0. The van der Waals surface area contributed by atoms with Crippen molar-refractivity contribution in [1.82, 2.24) is 0 Å². The van der Waals surface area contributed by atoms with E-state index in [2.05, 4.69) is 26.1 Å². The van der Waals surface area contributed by atoms with E-state index in [1.807, 2.05) is 6.92 Å². The predicted molar refractivity (Wildman–Crippen MR) is 46.7 cm³/mol. The second-order valence-electron chi connectivity index (χ2n) is 1.78. The molecule has 1 N–H and O–H groups in total. The number of hydrogen-bond acceptors (Lipinski definition) is 3. The lowest BCUT2D eigenvalue weighted by Gasteiger charge is -2.05. The average Bonchev–Trinajstić information content (AvgIpc) is 1.90. The highest BCUT2D eigenvalue weighted by Gasteiger charge is 1.91. The van der Waals surface area contributed by atoms with Crippen LogP contribution >= 0.6 is 12.2 Å². The van der Waals surface area contributed by atoms with E-state index < -0.39 is 0 Å². The van der Waals surface area contributed by atoms with E-state index in [9.17, 15) is 0 Å². The highest BCUT2D eigenvalue weighted by Crippen LogP contribution is 1.92. The van der Waals surface area contributed by atoms with Gasteiger partial charge in [-0.2, -0.15) is 0 Å². The van der Waals surface area contributed by atoms with Crippen molar-refractivity contribution in [3.8, 4) is 0 Å². The molecule has 0 aromatic rings. The van der Waals surface area contributed by atoms with Crippen molar-refractivity contribution in [3.63, 3.8) is 0 Å². The fourth-order valence-corrected chi connectivity index (χ4v) is 0.402.